The molecule has 0 spiro atoms. The zero-order valence-corrected chi connectivity index (χ0v) is 11.4. The molecule has 0 amide bonds. The minimum atomic E-state index is -3.67. The first-order chi connectivity index (χ1) is 8.86. The van der Waals surface area contributed by atoms with Crippen molar-refractivity contribution >= 4 is 21.7 Å². The smallest absolute Gasteiger partial charge is 0.324 e. The summed E-state index contributed by atoms with van der Waals surface area (Å²) in [5.74, 6) is -1.34. The van der Waals surface area contributed by atoms with Crippen molar-refractivity contribution < 1.29 is 23.4 Å². The fourth-order valence-corrected chi connectivity index (χ4v) is 3.15. The Morgan fingerprint density at radius 3 is 2.32 bits per heavy atom. The van der Waals surface area contributed by atoms with Crippen LogP contribution in [-0.4, -0.2) is 36.9 Å². The van der Waals surface area contributed by atoms with Crippen LogP contribution in [0.5, 0.6) is 5.75 Å². The summed E-state index contributed by atoms with van der Waals surface area (Å²) < 4.78 is 25.1. The molecule has 0 saturated heterocycles. The van der Waals surface area contributed by atoms with Crippen molar-refractivity contribution in [1.82, 2.24) is 0 Å². The lowest BCUT2D eigenvalue weighted by atomic mass is 10.3. The number of rotatable bonds is 7. The second kappa shape index (κ2) is 6.42. The Morgan fingerprint density at radius 2 is 1.84 bits per heavy atom. The Morgan fingerprint density at radius 1 is 1.26 bits per heavy atom. The third-order valence-electron chi connectivity index (χ3n) is 2.51. The quantitative estimate of drug-likeness (QED) is 0.790. The predicted molar refractivity (Wildman–Crippen MR) is 71.8 cm³/mol. The number of unbranched alkanes of at least 4 members (excludes halogenated alkanes) is 1. The molecule has 0 unspecified atom stereocenters. The van der Waals surface area contributed by atoms with Gasteiger partial charge in [-0.3, -0.25) is 9.10 Å². The Hall–Kier alpha value is -1.76. The summed E-state index contributed by atoms with van der Waals surface area (Å²) in [5.41, 5.74) is 0.233. The van der Waals surface area contributed by atoms with Gasteiger partial charge in [-0.05, 0) is 30.7 Å². The number of phenolic OH excluding ortho intramolecular Hbond substituents is 1. The first-order valence-corrected chi connectivity index (χ1v) is 7.49. The largest absolute Gasteiger partial charge is 0.508 e. The maximum Gasteiger partial charge on any atom is 0.324 e. The summed E-state index contributed by atoms with van der Waals surface area (Å²) in [4.78, 5) is 10.8. The maximum atomic E-state index is 12.1. The number of aliphatic carboxylic acids is 1. The highest BCUT2D eigenvalue weighted by Crippen LogP contribution is 2.21. The first-order valence-electron chi connectivity index (χ1n) is 5.88. The molecule has 0 fully saturated rings. The Kier molecular flexibility index (Phi) is 5.17. The molecule has 1 aromatic rings. The van der Waals surface area contributed by atoms with Gasteiger partial charge in [0.2, 0.25) is 10.0 Å². The molecule has 106 valence electrons. The molecule has 19 heavy (non-hydrogen) atoms. The highest BCUT2D eigenvalue weighted by atomic mass is 32.2. The van der Waals surface area contributed by atoms with Gasteiger partial charge in [-0.2, -0.15) is 0 Å². The molecule has 0 aromatic heterocycles. The molecule has 6 nitrogen and oxygen atoms in total. The van der Waals surface area contributed by atoms with Crippen molar-refractivity contribution in [1.29, 1.82) is 0 Å². The van der Waals surface area contributed by atoms with Crippen molar-refractivity contribution in [3.63, 3.8) is 0 Å². The molecule has 2 N–H and O–H groups in total. The lowest BCUT2D eigenvalue weighted by Crippen LogP contribution is -2.37. The fraction of sp³-hybridized carbons (Fsp3) is 0.417. The zero-order chi connectivity index (χ0) is 14.5. The Labute approximate surface area is 112 Å². The molecule has 0 aliphatic carbocycles. The number of carboxylic acid groups (broad SMARTS) is 1. The van der Waals surface area contributed by atoms with Gasteiger partial charge in [-0.15, -0.1) is 0 Å². The molecular weight excluding hydrogens is 270 g/mol. The van der Waals surface area contributed by atoms with E-state index < -0.39 is 22.5 Å². The summed E-state index contributed by atoms with van der Waals surface area (Å²) in [6.45, 7) is 1.23. The number of phenols is 1. The van der Waals surface area contributed by atoms with Crippen LogP contribution in [0, 0.1) is 0 Å². The number of aromatic hydroxyl groups is 1. The van der Waals surface area contributed by atoms with Crippen LogP contribution in [0.3, 0.4) is 0 Å². The Bertz CT molecular complexity index is 524. The lowest BCUT2D eigenvalue weighted by molar-refractivity contribution is -0.135. The van der Waals surface area contributed by atoms with Crippen molar-refractivity contribution in [3.05, 3.63) is 24.3 Å². The average molecular weight is 287 g/mol. The van der Waals surface area contributed by atoms with Gasteiger partial charge in [0, 0.05) is 0 Å². The van der Waals surface area contributed by atoms with E-state index in [2.05, 4.69) is 0 Å². The molecule has 0 radical (unpaired) electrons. The second-order valence-electron chi connectivity index (χ2n) is 4.09. The van der Waals surface area contributed by atoms with Crippen LogP contribution >= 0.6 is 0 Å². The minimum absolute atomic E-state index is 0.00928. The highest BCUT2D eigenvalue weighted by molar-refractivity contribution is 7.92. The number of carbonyl (C=O) groups is 1. The minimum Gasteiger partial charge on any atom is -0.508 e. The van der Waals surface area contributed by atoms with Crippen molar-refractivity contribution in [2.45, 2.75) is 19.8 Å². The van der Waals surface area contributed by atoms with Crippen molar-refractivity contribution in [2.75, 3.05) is 16.6 Å². The Balaban J connectivity index is 3.07. The lowest BCUT2D eigenvalue weighted by Gasteiger charge is -2.22. The number of sulfonamides is 1. The number of hydrogen-bond acceptors (Lipinski definition) is 4. The monoisotopic (exact) mass is 287 g/mol. The number of carboxylic acids is 1. The summed E-state index contributed by atoms with van der Waals surface area (Å²) in [5, 5.41) is 18.0. The van der Waals surface area contributed by atoms with Gasteiger partial charge in [0.15, 0.2) is 0 Å². The van der Waals surface area contributed by atoms with E-state index in [4.69, 9.17) is 5.11 Å². The molecular formula is C12H17NO5S. The number of benzene rings is 1. The summed E-state index contributed by atoms with van der Waals surface area (Å²) in [6, 6.07) is 5.39. The molecule has 0 aliphatic heterocycles. The number of anilines is 1. The zero-order valence-electron chi connectivity index (χ0n) is 10.6. The van der Waals surface area contributed by atoms with E-state index in [9.17, 15) is 18.3 Å². The molecule has 0 atom stereocenters. The van der Waals surface area contributed by atoms with Crippen LogP contribution < -0.4 is 4.31 Å². The molecule has 0 bridgehead atoms. The number of hydrogen-bond donors (Lipinski definition) is 2. The summed E-state index contributed by atoms with van der Waals surface area (Å²) in [7, 11) is -3.67. The third-order valence-corrected chi connectivity index (χ3v) is 4.32. The van der Waals surface area contributed by atoms with Crippen LogP contribution in [0.15, 0.2) is 24.3 Å². The van der Waals surface area contributed by atoms with E-state index in [0.29, 0.717) is 12.8 Å². The first kappa shape index (κ1) is 15.3. The van der Waals surface area contributed by atoms with Crippen LogP contribution in [0.2, 0.25) is 0 Å². The number of nitrogens with zero attached hydrogens (tertiary/aromatic N) is 1. The van der Waals surface area contributed by atoms with Crippen molar-refractivity contribution in [3.8, 4) is 5.75 Å². The van der Waals surface area contributed by atoms with Gasteiger partial charge in [-0.1, -0.05) is 13.3 Å². The van der Waals surface area contributed by atoms with Gasteiger partial charge in [0.05, 0.1) is 11.4 Å². The van der Waals surface area contributed by atoms with Crippen LogP contribution in [-0.2, 0) is 14.8 Å². The predicted octanol–water partition coefficient (Wildman–Crippen LogP) is 1.41. The highest BCUT2D eigenvalue weighted by Gasteiger charge is 2.24. The van der Waals surface area contributed by atoms with Gasteiger partial charge in [-0.25, -0.2) is 8.42 Å². The molecule has 1 aromatic carbocycles. The van der Waals surface area contributed by atoms with E-state index in [0.717, 1.165) is 4.31 Å². The van der Waals surface area contributed by atoms with E-state index in [1.165, 1.54) is 24.3 Å². The standard InChI is InChI=1S/C12H17NO5S/c1-2-3-8-19(17,18)13(9-12(15)16)10-4-6-11(14)7-5-10/h4-7,14H,2-3,8-9H2,1H3,(H,15,16). The van der Waals surface area contributed by atoms with Crippen molar-refractivity contribution in [2.24, 2.45) is 0 Å². The molecule has 1 rings (SSSR count). The van der Waals surface area contributed by atoms with E-state index in [1.54, 1.807) is 0 Å². The molecule has 0 heterocycles. The second-order valence-corrected chi connectivity index (χ2v) is 6.10. The van der Waals surface area contributed by atoms with E-state index in [1.807, 2.05) is 6.92 Å². The van der Waals surface area contributed by atoms with E-state index in [-0.39, 0.29) is 17.2 Å². The van der Waals surface area contributed by atoms with Gasteiger partial charge < -0.3 is 10.2 Å². The maximum absolute atomic E-state index is 12.1. The molecule has 0 saturated carbocycles. The van der Waals surface area contributed by atoms with Crippen LogP contribution in [0.25, 0.3) is 0 Å². The van der Waals surface area contributed by atoms with Crippen LogP contribution in [0.4, 0.5) is 5.69 Å². The van der Waals surface area contributed by atoms with Gasteiger partial charge in [0.1, 0.15) is 12.3 Å². The summed E-state index contributed by atoms with van der Waals surface area (Å²) in [6.07, 6.45) is 1.17. The molecule has 0 aliphatic rings. The summed E-state index contributed by atoms with van der Waals surface area (Å²) >= 11 is 0. The average Bonchev–Trinajstić information content (AvgIpc) is 2.34. The fourth-order valence-electron chi connectivity index (χ4n) is 1.53. The SMILES string of the molecule is CCCCS(=O)(=O)N(CC(=O)O)c1ccc(O)cc1. The van der Waals surface area contributed by atoms with Gasteiger partial charge >= 0.3 is 5.97 Å². The third kappa shape index (κ3) is 4.44. The molecule has 7 heteroatoms. The van der Waals surface area contributed by atoms with Crippen LogP contribution in [0.1, 0.15) is 19.8 Å². The topological polar surface area (TPSA) is 94.9 Å². The van der Waals surface area contributed by atoms with Gasteiger partial charge in [0.25, 0.3) is 0 Å². The van der Waals surface area contributed by atoms with E-state index >= 15 is 0 Å². The normalized spacial score (nSPS) is 11.2.